The molecule has 0 aliphatic heterocycles. The van der Waals surface area contributed by atoms with Crippen molar-refractivity contribution in [2.75, 3.05) is 0 Å². The van der Waals surface area contributed by atoms with E-state index in [1.54, 1.807) is 6.92 Å². The second-order valence-corrected chi connectivity index (χ2v) is 7.61. The van der Waals surface area contributed by atoms with E-state index < -0.39 is 6.04 Å². The van der Waals surface area contributed by atoms with Crippen LogP contribution in [0.25, 0.3) is 10.9 Å². The Labute approximate surface area is 174 Å². The van der Waals surface area contributed by atoms with Gasteiger partial charge in [-0.25, -0.2) is 4.98 Å². The van der Waals surface area contributed by atoms with Crippen LogP contribution in [0, 0.1) is 13.8 Å². The molecule has 0 radical (unpaired) electrons. The van der Waals surface area contributed by atoms with Gasteiger partial charge >= 0.3 is 0 Å². The van der Waals surface area contributed by atoms with Crippen molar-refractivity contribution in [1.29, 1.82) is 0 Å². The second-order valence-electron chi connectivity index (χ2n) is 7.61. The van der Waals surface area contributed by atoms with Gasteiger partial charge in [-0.2, -0.15) is 0 Å². The summed E-state index contributed by atoms with van der Waals surface area (Å²) in [7, 11) is 0. The van der Waals surface area contributed by atoms with Gasteiger partial charge < -0.3 is 15.3 Å². The van der Waals surface area contributed by atoms with E-state index in [-0.39, 0.29) is 17.9 Å². The van der Waals surface area contributed by atoms with Crippen LogP contribution in [-0.2, 0) is 17.6 Å². The highest BCUT2D eigenvalue weighted by molar-refractivity contribution is 5.83. The van der Waals surface area contributed by atoms with Gasteiger partial charge in [-0.3, -0.25) is 9.59 Å². The summed E-state index contributed by atoms with van der Waals surface area (Å²) >= 11 is 0. The van der Waals surface area contributed by atoms with Gasteiger partial charge in [0.2, 0.25) is 5.91 Å². The number of carbonyl (C=O) groups excluding carboxylic acids is 1. The van der Waals surface area contributed by atoms with Gasteiger partial charge in [0.15, 0.2) is 0 Å². The number of benzene rings is 2. The number of amides is 1. The molecular formula is C24H24N4O2. The SMILES string of the molecule is Cc1cccc(CC(=O)NC(Cc2c[nH]c3ccccc23)c2cc(=O)[nH]c(C)n2)c1. The molecule has 2 aromatic heterocycles. The predicted octanol–water partition coefficient (Wildman–Crippen LogP) is 3.51. The number of fused-ring (bicyclic) bond motifs is 1. The Morgan fingerprint density at radius 3 is 2.73 bits per heavy atom. The molecule has 1 atom stereocenters. The van der Waals surface area contributed by atoms with E-state index in [0.29, 0.717) is 17.9 Å². The number of nitrogens with zero attached hydrogens (tertiary/aromatic N) is 1. The Kier molecular flexibility index (Phi) is 5.48. The average molecular weight is 400 g/mol. The van der Waals surface area contributed by atoms with E-state index in [2.05, 4.69) is 20.3 Å². The third-order valence-corrected chi connectivity index (χ3v) is 5.12. The number of aromatic nitrogens is 3. The molecule has 0 bridgehead atoms. The van der Waals surface area contributed by atoms with Gasteiger partial charge in [0.25, 0.3) is 5.56 Å². The second kappa shape index (κ2) is 8.37. The number of carbonyl (C=O) groups is 1. The molecule has 2 aromatic carbocycles. The van der Waals surface area contributed by atoms with Crippen molar-refractivity contribution in [2.45, 2.75) is 32.7 Å². The zero-order chi connectivity index (χ0) is 21.1. The molecule has 2 heterocycles. The third kappa shape index (κ3) is 4.49. The molecule has 0 spiro atoms. The molecule has 4 aromatic rings. The van der Waals surface area contributed by atoms with Crippen LogP contribution in [0.5, 0.6) is 0 Å². The molecule has 1 unspecified atom stereocenters. The van der Waals surface area contributed by atoms with Crippen LogP contribution >= 0.6 is 0 Å². The molecule has 152 valence electrons. The van der Waals surface area contributed by atoms with Crippen LogP contribution in [0.1, 0.15) is 34.3 Å². The lowest BCUT2D eigenvalue weighted by molar-refractivity contribution is -0.121. The van der Waals surface area contributed by atoms with E-state index in [9.17, 15) is 9.59 Å². The quantitative estimate of drug-likeness (QED) is 0.463. The molecule has 0 saturated carbocycles. The Morgan fingerprint density at radius 1 is 1.10 bits per heavy atom. The molecule has 0 aliphatic rings. The highest BCUT2D eigenvalue weighted by Crippen LogP contribution is 2.23. The fourth-order valence-electron chi connectivity index (χ4n) is 3.78. The van der Waals surface area contributed by atoms with Gasteiger partial charge in [0.05, 0.1) is 18.2 Å². The first-order valence-electron chi connectivity index (χ1n) is 9.96. The van der Waals surface area contributed by atoms with Crippen molar-refractivity contribution < 1.29 is 4.79 Å². The smallest absolute Gasteiger partial charge is 0.251 e. The molecule has 30 heavy (non-hydrogen) atoms. The summed E-state index contributed by atoms with van der Waals surface area (Å²) in [6.07, 6.45) is 2.75. The number of H-pyrrole nitrogens is 2. The maximum absolute atomic E-state index is 12.8. The van der Waals surface area contributed by atoms with Crippen LogP contribution in [0.2, 0.25) is 0 Å². The predicted molar refractivity (Wildman–Crippen MR) is 117 cm³/mol. The number of aromatic amines is 2. The Morgan fingerprint density at radius 2 is 1.93 bits per heavy atom. The van der Waals surface area contributed by atoms with Crippen LogP contribution < -0.4 is 10.9 Å². The lowest BCUT2D eigenvalue weighted by Crippen LogP contribution is -2.32. The summed E-state index contributed by atoms with van der Waals surface area (Å²) in [5.74, 6) is 0.416. The summed E-state index contributed by atoms with van der Waals surface area (Å²) in [6, 6.07) is 17.0. The van der Waals surface area contributed by atoms with Crippen molar-refractivity contribution >= 4 is 16.8 Å². The van der Waals surface area contributed by atoms with Crippen molar-refractivity contribution in [3.63, 3.8) is 0 Å². The van der Waals surface area contributed by atoms with E-state index >= 15 is 0 Å². The zero-order valence-electron chi connectivity index (χ0n) is 17.0. The van der Waals surface area contributed by atoms with Crippen LogP contribution in [0.15, 0.2) is 65.6 Å². The van der Waals surface area contributed by atoms with Crippen molar-refractivity contribution in [2.24, 2.45) is 0 Å². The molecule has 6 heteroatoms. The first-order chi connectivity index (χ1) is 14.5. The molecule has 1 amide bonds. The van der Waals surface area contributed by atoms with Gasteiger partial charge in [-0.05, 0) is 31.0 Å². The van der Waals surface area contributed by atoms with Gasteiger partial charge in [-0.1, -0.05) is 48.0 Å². The standard InChI is InChI=1S/C24H24N4O2/c1-15-6-5-7-17(10-15)11-23(29)28-21(22-13-24(30)27-16(2)26-22)12-18-14-25-20-9-4-3-8-19(18)20/h3-10,13-14,21,25H,11-12H2,1-2H3,(H,28,29)(H,26,27,30). The summed E-state index contributed by atoms with van der Waals surface area (Å²) < 4.78 is 0. The number of rotatable bonds is 6. The van der Waals surface area contributed by atoms with E-state index in [1.807, 2.05) is 61.7 Å². The number of hydrogen-bond acceptors (Lipinski definition) is 3. The minimum absolute atomic E-state index is 0.106. The van der Waals surface area contributed by atoms with Gasteiger partial charge in [0.1, 0.15) is 5.82 Å². The molecule has 0 aliphatic carbocycles. The van der Waals surface area contributed by atoms with Crippen LogP contribution in [-0.4, -0.2) is 20.9 Å². The minimum Gasteiger partial charge on any atom is -0.361 e. The topological polar surface area (TPSA) is 90.6 Å². The summed E-state index contributed by atoms with van der Waals surface area (Å²) in [5.41, 5.74) is 4.49. The average Bonchev–Trinajstić information content (AvgIpc) is 3.10. The molecular weight excluding hydrogens is 376 g/mol. The van der Waals surface area contributed by atoms with Crippen LogP contribution in [0.3, 0.4) is 0 Å². The van der Waals surface area contributed by atoms with Gasteiger partial charge in [-0.15, -0.1) is 0 Å². The number of nitrogens with one attached hydrogen (secondary N) is 3. The summed E-state index contributed by atoms with van der Waals surface area (Å²) in [6.45, 7) is 3.74. The fourth-order valence-corrected chi connectivity index (χ4v) is 3.78. The zero-order valence-corrected chi connectivity index (χ0v) is 17.0. The van der Waals surface area contributed by atoms with Crippen molar-refractivity contribution in [1.82, 2.24) is 20.3 Å². The maximum Gasteiger partial charge on any atom is 0.251 e. The van der Waals surface area contributed by atoms with Crippen molar-refractivity contribution in [3.05, 3.63) is 99.4 Å². The molecule has 0 fully saturated rings. The van der Waals surface area contributed by atoms with Gasteiger partial charge in [0, 0.05) is 29.6 Å². The molecule has 0 saturated heterocycles. The molecule has 3 N–H and O–H groups in total. The number of hydrogen-bond donors (Lipinski definition) is 3. The van der Waals surface area contributed by atoms with E-state index in [4.69, 9.17) is 0 Å². The Bertz CT molecular complexity index is 1260. The fraction of sp³-hybridized carbons (Fsp3) is 0.208. The normalized spacial score (nSPS) is 12.1. The first kappa shape index (κ1) is 19.6. The van der Waals surface area contributed by atoms with E-state index in [1.165, 1.54) is 6.07 Å². The largest absolute Gasteiger partial charge is 0.361 e. The lowest BCUT2D eigenvalue weighted by Gasteiger charge is -2.19. The monoisotopic (exact) mass is 400 g/mol. The first-order valence-corrected chi connectivity index (χ1v) is 9.96. The summed E-state index contributed by atoms with van der Waals surface area (Å²) in [4.78, 5) is 35.3. The van der Waals surface area contributed by atoms with Crippen LogP contribution in [0.4, 0.5) is 0 Å². The minimum atomic E-state index is -0.414. The molecule has 4 rings (SSSR count). The Hall–Kier alpha value is -3.67. The van der Waals surface area contributed by atoms with Crippen molar-refractivity contribution in [3.8, 4) is 0 Å². The lowest BCUT2D eigenvalue weighted by atomic mass is 10.0. The Balaban J connectivity index is 1.63. The number of aryl methyl sites for hydroxylation is 2. The third-order valence-electron chi connectivity index (χ3n) is 5.12. The highest BCUT2D eigenvalue weighted by Gasteiger charge is 2.20. The maximum atomic E-state index is 12.8. The highest BCUT2D eigenvalue weighted by atomic mass is 16.1. The number of para-hydroxylation sites is 1. The molecule has 6 nitrogen and oxygen atoms in total. The summed E-state index contributed by atoms with van der Waals surface area (Å²) in [5, 5.41) is 4.19. The van der Waals surface area contributed by atoms with E-state index in [0.717, 1.165) is 27.6 Å².